The number of nitrogens with two attached hydrogens (primary N) is 1. The van der Waals surface area contributed by atoms with Crippen molar-refractivity contribution in [3.8, 4) is 6.07 Å². The van der Waals surface area contributed by atoms with Gasteiger partial charge in [-0.05, 0) is 60.9 Å². The molecule has 8 heteroatoms. The molecule has 0 unspecified atom stereocenters. The van der Waals surface area contributed by atoms with Crippen LogP contribution in [-0.2, 0) is 9.09 Å². The van der Waals surface area contributed by atoms with Gasteiger partial charge in [-0.25, -0.2) is 0 Å². The molecule has 29 heavy (non-hydrogen) atoms. The molecular formula is C21H19ClN3O3P. The van der Waals surface area contributed by atoms with Crippen LogP contribution >= 0.6 is 19.0 Å². The number of carbonyl (C=O) groups is 1. The maximum absolute atomic E-state index is 14.2. The van der Waals surface area contributed by atoms with Crippen molar-refractivity contribution in [2.45, 2.75) is 13.8 Å². The van der Waals surface area contributed by atoms with E-state index in [-0.39, 0.29) is 11.0 Å². The first-order valence-electron chi connectivity index (χ1n) is 8.68. The highest BCUT2D eigenvalue weighted by atomic mass is 35.5. The van der Waals surface area contributed by atoms with Crippen molar-refractivity contribution in [3.05, 3.63) is 63.8 Å². The Labute approximate surface area is 173 Å². The summed E-state index contributed by atoms with van der Waals surface area (Å²) in [4.78, 5) is 15.2. The number of rotatable bonds is 5. The van der Waals surface area contributed by atoms with Crippen LogP contribution in [0.25, 0.3) is 17.0 Å². The number of nitrogens with one attached hydrogen (secondary N) is 1. The van der Waals surface area contributed by atoms with Crippen LogP contribution in [0, 0.1) is 25.2 Å². The number of aromatic nitrogens is 1. The Balaban J connectivity index is 2.42. The number of carbonyl (C=O) groups excluding carboxylic acids is 1. The zero-order valence-corrected chi connectivity index (χ0v) is 17.8. The fraction of sp³-hybridized carbons (Fsp3) is 0.143. The SMILES string of the molecule is CO[P@@](=O)(c1cc(C)cc(/C=C/C#N)c1)c1c(C(N)=O)[nH]c2ccc(Cl)c(C)c12. The number of halogens is 1. The van der Waals surface area contributed by atoms with Gasteiger partial charge in [-0.1, -0.05) is 17.7 Å². The summed E-state index contributed by atoms with van der Waals surface area (Å²) in [6, 6.07) is 10.6. The van der Waals surface area contributed by atoms with Crippen molar-refractivity contribution >= 4 is 52.5 Å². The average molecular weight is 428 g/mol. The van der Waals surface area contributed by atoms with E-state index in [1.54, 1.807) is 37.3 Å². The van der Waals surface area contributed by atoms with Crippen molar-refractivity contribution in [3.63, 3.8) is 0 Å². The van der Waals surface area contributed by atoms with E-state index in [1.807, 2.05) is 19.1 Å². The first kappa shape index (κ1) is 20.9. The average Bonchev–Trinajstić information content (AvgIpc) is 3.09. The van der Waals surface area contributed by atoms with Gasteiger partial charge in [0.1, 0.15) is 5.69 Å². The highest BCUT2D eigenvalue weighted by molar-refractivity contribution is 7.75. The smallest absolute Gasteiger partial charge is 0.266 e. The molecule has 0 radical (unpaired) electrons. The fourth-order valence-corrected chi connectivity index (χ4v) is 5.95. The minimum atomic E-state index is -3.73. The molecule has 1 amide bonds. The van der Waals surface area contributed by atoms with E-state index < -0.39 is 13.3 Å². The molecule has 1 aromatic heterocycles. The van der Waals surface area contributed by atoms with Crippen LogP contribution in [0.5, 0.6) is 0 Å². The van der Waals surface area contributed by atoms with Gasteiger partial charge in [0.2, 0.25) is 0 Å². The van der Waals surface area contributed by atoms with Crippen LogP contribution in [-0.4, -0.2) is 18.0 Å². The van der Waals surface area contributed by atoms with E-state index in [1.165, 1.54) is 13.2 Å². The number of hydrogen-bond acceptors (Lipinski definition) is 4. The number of nitrogens with zero attached hydrogens (tertiary/aromatic N) is 1. The molecule has 0 aliphatic rings. The minimum absolute atomic E-state index is 0.0196. The number of aromatic amines is 1. The van der Waals surface area contributed by atoms with Crippen LogP contribution in [0.1, 0.15) is 27.2 Å². The van der Waals surface area contributed by atoms with E-state index in [0.29, 0.717) is 32.4 Å². The zero-order valence-electron chi connectivity index (χ0n) is 16.1. The van der Waals surface area contributed by atoms with Gasteiger partial charge in [0.25, 0.3) is 13.3 Å². The lowest BCUT2D eigenvalue weighted by molar-refractivity contribution is 0.0997. The molecule has 0 aliphatic carbocycles. The number of aryl methyl sites for hydroxylation is 2. The Morgan fingerprint density at radius 2 is 2.03 bits per heavy atom. The summed E-state index contributed by atoms with van der Waals surface area (Å²) in [5.41, 5.74) is 8.38. The third-order valence-corrected chi connectivity index (χ3v) is 7.60. The molecule has 1 heterocycles. The number of nitriles is 1. The Hall–Kier alpha value is -2.84. The third kappa shape index (κ3) is 3.61. The normalized spacial score (nSPS) is 13.5. The van der Waals surface area contributed by atoms with Gasteiger partial charge in [0.15, 0.2) is 0 Å². The monoisotopic (exact) mass is 427 g/mol. The molecular weight excluding hydrogens is 409 g/mol. The maximum atomic E-state index is 14.2. The number of allylic oxidation sites excluding steroid dienone is 1. The lowest BCUT2D eigenvalue weighted by atomic mass is 10.1. The van der Waals surface area contributed by atoms with Gasteiger partial charge >= 0.3 is 0 Å². The minimum Gasteiger partial charge on any atom is -0.364 e. The van der Waals surface area contributed by atoms with Crippen LogP contribution in [0.15, 0.2) is 36.4 Å². The number of primary amides is 1. The standard InChI is InChI=1S/C21H19ClN3O3P/c1-12-9-14(5-4-8-23)11-15(10-12)29(27,28-3)20-18-13(2)16(22)6-7-17(18)25-19(20)21(24)26/h4-7,9-11,25H,1-3H3,(H2,24,26)/b5-4+/t29-/m0/s1. The summed E-state index contributed by atoms with van der Waals surface area (Å²) >= 11 is 6.30. The van der Waals surface area contributed by atoms with E-state index in [0.717, 1.165) is 5.56 Å². The van der Waals surface area contributed by atoms with Crippen LogP contribution in [0.2, 0.25) is 5.02 Å². The van der Waals surface area contributed by atoms with Crippen LogP contribution in [0.3, 0.4) is 0 Å². The largest absolute Gasteiger partial charge is 0.364 e. The zero-order chi connectivity index (χ0) is 21.3. The van der Waals surface area contributed by atoms with Crippen molar-refractivity contribution in [2.24, 2.45) is 5.73 Å². The fourth-order valence-electron chi connectivity index (χ4n) is 3.40. The van der Waals surface area contributed by atoms with Gasteiger partial charge < -0.3 is 15.2 Å². The molecule has 0 fully saturated rings. The quantitative estimate of drug-likeness (QED) is 0.474. The second-order valence-electron chi connectivity index (χ2n) is 6.61. The van der Waals surface area contributed by atoms with Gasteiger partial charge in [0, 0.05) is 34.4 Å². The number of fused-ring (bicyclic) bond motifs is 1. The van der Waals surface area contributed by atoms with E-state index >= 15 is 0 Å². The Bertz CT molecular complexity index is 1250. The highest BCUT2D eigenvalue weighted by Gasteiger charge is 2.36. The van der Waals surface area contributed by atoms with Crippen molar-refractivity contribution in [2.75, 3.05) is 7.11 Å². The molecule has 0 spiro atoms. The molecule has 3 rings (SSSR count). The Morgan fingerprint density at radius 3 is 2.66 bits per heavy atom. The van der Waals surface area contributed by atoms with Gasteiger partial charge in [-0.15, -0.1) is 0 Å². The highest BCUT2D eigenvalue weighted by Crippen LogP contribution is 2.48. The summed E-state index contributed by atoms with van der Waals surface area (Å²) in [5, 5.41) is 10.4. The molecule has 0 saturated carbocycles. The first-order chi connectivity index (χ1) is 13.7. The third-order valence-electron chi connectivity index (χ3n) is 4.70. The predicted octanol–water partition coefficient (Wildman–Crippen LogP) is 3.95. The molecule has 148 valence electrons. The van der Waals surface area contributed by atoms with E-state index in [2.05, 4.69) is 4.98 Å². The summed E-state index contributed by atoms with van der Waals surface area (Å²) in [6.07, 6.45) is 2.95. The molecule has 3 aromatic rings. The van der Waals surface area contributed by atoms with Crippen molar-refractivity contribution in [1.82, 2.24) is 4.98 Å². The molecule has 2 aromatic carbocycles. The Kier molecular flexibility index (Phi) is 5.68. The second-order valence-corrected chi connectivity index (χ2v) is 9.45. The summed E-state index contributed by atoms with van der Waals surface area (Å²) in [6.45, 7) is 3.63. The van der Waals surface area contributed by atoms with Gasteiger partial charge in [-0.3, -0.25) is 9.36 Å². The predicted molar refractivity (Wildman–Crippen MR) is 116 cm³/mol. The first-order valence-corrected chi connectivity index (χ1v) is 10.7. The molecule has 3 N–H and O–H groups in total. The molecule has 6 nitrogen and oxygen atoms in total. The summed E-state index contributed by atoms with van der Waals surface area (Å²) < 4.78 is 19.8. The number of H-pyrrole nitrogens is 1. The Morgan fingerprint density at radius 1 is 1.31 bits per heavy atom. The van der Waals surface area contributed by atoms with E-state index in [9.17, 15) is 9.36 Å². The molecule has 1 atom stereocenters. The molecule has 0 aliphatic heterocycles. The molecule has 0 saturated heterocycles. The summed E-state index contributed by atoms with van der Waals surface area (Å²) in [7, 11) is -2.40. The number of benzene rings is 2. The molecule has 0 bridgehead atoms. The van der Waals surface area contributed by atoms with Crippen LogP contribution in [0.4, 0.5) is 0 Å². The summed E-state index contributed by atoms with van der Waals surface area (Å²) in [5.74, 6) is -0.749. The number of amides is 1. The van der Waals surface area contributed by atoms with Gasteiger partial charge in [-0.2, -0.15) is 5.26 Å². The lowest BCUT2D eigenvalue weighted by Crippen LogP contribution is -2.26. The second kappa shape index (κ2) is 7.88. The van der Waals surface area contributed by atoms with Crippen molar-refractivity contribution < 1.29 is 13.9 Å². The number of hydrogen-bond donors (Lipinski definition) is 2. The maximum Gasteiger partial charge on any atom is 0.266 e. The van der Waals surface area contributed by atoms with Gasteiger partial charge in [0.05, 0.1) is 11.4 Å². The van der Waals surface area contributed by atoms with Crippen molar-refractivity contribution in [1.29, 1.82) is 5.26 Å². The lowest BCUT2D eigenvalue weighted by Gasteiger charge is -2.19. The van der Waals surface area contributed by atoms with E-state index in [4.69, 9.17) is 27.1 Å². The van der Waals surface area contributed by atoms with Crippen LogP contribution < -0.4 is 16.3 Å². The topological polar surface area (TPSA) is 109 Å².